The predicted octanol–water partition coefficient (Wildman–Crippen LogP) is 0.0629. The number of rotatable bonds is 3. The summed E-state index contributed by atoms with van der Waals surface area (Å²) in [5, 5.41) is 0. The van der Waals surface area contributed by atoms with Crippen LogP contribution >= 0.6 is 0 Å². The van der Waals surface area contributed by atoms with Crippen LogP contribution in [0.4, 0.5) is 11.4 Å². The molecule has 0 bridgehead atoms. The molecule has 0 fully saturated rings. The first-order valence-electron chi connectivity index (χ1n) is 4.53. The molecule has 102 valence electrons. The lowest BCUT2D eigenvalue weighted by Gasteiger charge is -2.19. The SMILES string of the molecule is Cc1c(N)cc(S(=O)(=O)O)cc1N(C)S(=O)(=O)O. The van der Waals surface area contributed by atoms with Crippen LogP contribution in [0.3, 0.4) is 0 Å². The molecule has 18 heavy (non-hydrogen) atoms. The van der Waals surface area contributed by atoms with Gasteiger partial charge >= 0.3 is 10.3 Å². The van der Waals surface area contributed by atoms with Gasteiger partial charge in [0.1, 0.15) is 0 Å². The van der Waals surface area contributed by atoms with Gasteiger partial charge in [0.05, 0.1) is 10.6 Å². The van der Waals surface area contributed by atoms with Crippen LogP contribution in [-0.2, 0) is 20.4 Å². The van der Waals surface area contributed by atoms with Crippen molar-refractivity contribution in [3.8, 4) is 0 Å². The summed E-state index contributed by atoms with van der Waals surface area (Å²) in [5.41, 5.74) is 5.59. The zero-order chi connectivity index (χ0) is 14.3. The number of nitrogen functional groups attached to an aromatic ring is 1. The van der Waals surface area contributed by atoms with Gasteiger partial charge in [-0.3, -0.25) is 13.4 Å². The Morgan fingerprint density at radius 2 is 1.67 bits per heavy atom. The molecule has 0 saturated heterocycles. The van der Waals surface area contributed by atoms with E-state index in [9.17, 15) is 16.8 Å². The molecular weight excluding hydrogens is 284 g/mol. The van der Waals surface area contributed by atoms with Crippen LogP contribution < -0.4 is 10.0 Å². The Kier molecular flexibility index (Phi) is 3.58. The number of benzene rings is 1. The molecule has 0 aliphatic heterocycles. The topological polar surface area (TPSA) is 138 Å². The van der Waals surface area contributed by atoms with Crippen LogP contribution in [0.1, 0.15) is 5.56 Å². The first-order valence-corrected chi connectivity index (χ1v) is 7.37. The molecule has 0 atom stereocenters. The van der Waals surface area contributed by atoms with Gasteiger partial charge < -0.3 is 5.73 Å². The van der Waals surface area contributed by atoms with E-state index in [1.165, 1.54) is 6.92 Å². The van der Waals surface area contributed by atoms with Gasteiger partial charge in [0, 0.05) is 12.7 Å². The summed E-state index contributed by atoms with van der Waals surface area (Å²) in [6.07, 6.45) is 0. The monoisotopic (exact) mass is 296 g/mol. The zero-order valence-electron chi connectivity index (χ0n) is 9.52. The van der Waals surface area contributed by atoms with Gasteiger partial charge in [-0.15, -0.1) is 0 Å². The second-order valence-corrected chi connectivity index (χ2v) is 6.44. The Hall–Kier alpha value is -1.36. The minimum atomic E-state index is -4.56. The summed E-state index contributed by atoms with van der Waals surface area (Å²) in [6, 6.07) is 1.89. The third kappa shape index (κ3) is 2.90. The van der Waals surface area contributed by atoms with Crippen LogP contribution in [0.15, 0.2) is 17.0 Å². The lowest BCUT2D eigenvalue weighted by molar-refractivity contribution is 0.478. The lowest BCUT2D eigenvalue weighted by Crippen LogP contribution is -2.26. The molecule has 0 aliphatic rings. The Bertz CT molecular complexity index is 680. The average molecular weight is 296 g/mol. The molecule has 1 aromatic rings. The maximum absolute atomic E-state index is 11.0. The third-order valence-corrected chi connectivity index (χ3v) is 4.10. The van der Waals surface area contributed by atoms with Crippen molar-refractivity contribution in [3.05, 3.63) is 17.7 Å². The largest absolute Gasteiger partial charge is 0.398 e. The number of hydrogen-bond donors (Lipinski definition) is 3. The molecule has 8 nitrogen and oxygen atoms in total. The van der Waals surface area contributed by atoms with E-state index < -0.39 is 25.3 Å². The van der Waals surface area contributed by atoms with Crippen LogP contribution in [0.2, 0.25) is 0 Å². The molecule has 1 aromatic carbocycles. The number of nitrogens with zero attached hydrogens (tertiary/aromatic N) is 1. The second kappa shape index (κ2) is 4.39. The van der Waals surface area contributed by atoms with E-state index in [0.29, 0.717) is 4.31 Å². The molecule has 0 saturated carbocycles. The third-order valence-electron chi connectivity index (χ3n) is 2.38. The minimum absolute atomic E-state index is 0.0318. The van der Waals surface area contributed by atoms with Crippen molar-refractivity contribution >= 4 is 31.8 Å². The van der Waals surface area contributed by atoms with Crippen molar-refractivity contribution in [2.75, 3.05) is 17.1 Å². The van der Waals surface area contributed by atoms with E-state index in [-0.39, 0.29) is 16.9 Å². The number of hydrogen-bond acceptors (Lipinski definition) is 5. The molecule has 1 rings (SSSR count). The van der Waals surface area contributed by atoms with Crippen molar-refractivity contribution in [2.24, 2.45) is 0 Å². The zero-order valence-corrected chi connectivity index (χ0v) is 11.2. The Morgan fingerprint density at radius 1 is 1.17 bits per heavy atom. The van der Waals surface area contributed by atoms with Crippen LogP contribution in [-0.4, -0.2) is 33.0 Å². The fraction of sp³-hybridized carbons (Fsp3) is 0.250. The highest BCUT2D eigenvalue weighted by molar-refractivity contribution is 7.87. The molecule has 0 radical (unpaired) electrons. The molecule has 0 aromatic heterocycles. The van der Waals surface area contributed by atoms with Gasteiger partial charge in [0.2, 0.25) is 0 Å². The summed E-state index contributed by atoms with van der Waals surface area (Å²) < 4.78 is 62.2. The van der Waals surface area contributed by atoms with E-state index in [0.717, 1.165) is 19.2 Å². The first kappa shape index (κ1) is 14.7. The van der Waals surface area contributed by atoms with E-state index in [1.54, 1.807) is 0 Å². The molecule has 4 N–H and O–H groups in total. The normalized spacial score (nSPS) is 12.4. The van der Waals surface area contributed by atoms with Crippen molar-refractivity contribution in [3.63, 3.8) is 0 Å². The maximum atomic E-state index is 11.0. The van der Waals surface area contributed by atoms with Gasteiger partial charge in [-0.05, 0) is 24.6 Å². The summed E-state index contributed by atoms with van der Waals surface area (Å²) in [5.74, 6) is 0. The average Bonchev–Trinajstić information content (AvgIpc) is 2.17. The highest BCUT2D eigenvalue weighted by atomic mass is 32.2. The van der Waals surface area contributed by atoms with Gasteiger partial charge in [-0.25, -0.2) is 0 Å². The van der Waals surface area contributed by atoms with Gasteiger partial charge in [0.15, 0.2) is 0 Å². The predicted molar refractivity (Wildman–Crippen MR) is 65.4 cm³/mol. The Labute approximate surface area is 105 Å². The molecule has 0 amide bonds. The molecule has 0 aliphatic carbocycles. The Morgan fingerprint density at radius 3 is 2.06 bits per heavy atom. The maximum Gasteiger partial charge on any atom is 0.359 e. The molecule has 0 heterocycles. The highest BCUT2D eigenvalue weighted by Crippen LogP contribution is 2.29. The van der Waals surface area contributed by atoms with Crippen molar-refractivity contribution in [1.82, 2.24) is 0 Å². The van der Waals surface area contributed by atoms with E-state index in [2.05, 4.69) is 0 Å². The van der Waals surface area contributed by atoms with Gasteiger partial charge in [-0.2, -0.15) is 16.8 Å². The van der Waals surface area contributed by atoms with E-state index >= 15 is 0 Å². The molecule has 0 unspecified atom stereocenters. The van der Waals surface area contributed by atoms with Gasteiger partial charge in [-0.1, -0.05) is 0 Å². The van der Waals surface area contributed by atoms with Crippen molar-refractivity contribution in [1.29, 1.82) is 0 Å². The fourth-order valence-corrected chi connectivity index (χ4v) is 2.27. The van der Waals surface area contributed by atoms with Crippen LogP contribution in [0.25, 0.3) is 0 Å². The van der Waals surface area contributed by atoms with Crippen molar-refractivity contribution < 1.29 is 25.9 Å². The van der Waals surface area contributed by atoms with Crippen molar-refractivity contribution in [2.45, 2.75) is 11.8 Å². The fourth-order valence-electron chi connectivity index (χ4n) is 1.29. The molecular formula is C8H12N2O6S2. The number of anilines is 2. The smallest absolute Gasteiger partial charge is 0.359 e. The van der Waals surface area contributed by atoms with Crippen LogP contribution in [0.5, 0.6) is 0 Å². The minimum Gasteiger partial charge on any atom is -0.398 e. The Balaban J connectivity index is 3.60. The van der Waals surface area contributed by atoms with E-state index in [4.69, 9.17) is 14.8 Å². The quantitative estimate of drug-likeness (QED) is 0.529. The van der Waals surface area contributed by atoms with E-state index in [1.807, 2.05) is 0 Å². The first-order chi connectivity index (χ1) is 7.94. The molecule has 10 heteroatoms. The second-order valence-electron chi connectivity index (χ2n) is 3.58. The lowest BCUT2D eigenvalue weighted by atomic mass is 10.1. The summed E-state index contributed by atoms with van der Waals surface area (Å²) in [7, 11) is -8.06. The highest BCUT2D eigenvalue weighted by Gasteiger charge is 2.21. The number of nitrogens with two attached hydrogens (primary N) is 1. The standard InChI is InChI=1S/C8H12N2O6S2/c1-5-7(9)3-6(17(11,12)13)4-8(5)10(2)18(14,15)16/h3-4H,9H2,1-2H3,(H,11,12,13)(H,14,15,16). The summed E-state index contributed by atoms with van der Waals surface area (Å²) in [4.78, 5) is -0.559. The summed E-state index contributed by atoms with van der Waals surface area (Å²) >= 11 is 0. The van der Waals surface area contributed by atoms with Crippen LogP contribution in [0, 0.1) is 6.92 Å². The summed E-state index contributed by atoms with van der Waals surface area (Å²) in [6.45, 7) is 1.44. The van der Waals surface area contributed by atoms with Gasteiger partial charge in [0.25, 0.3) is 10.1 Å². The molecule has 0 spiro atoms.